The molecule has 0 radical (unpaired) electrons. The van der Waals surface area contributed by atoms with Crippen LogP contribution in [0.1, 0.15) is 16.8 Å². The molecule has 0 bridgehead atoms. The highest BCUT2D eigenvalue weighted by atomic mass is 32.2. The van der Waals surface area contributed by atoms with Crippen molar-refractivity contribution in [1.82, 2.24) is 0 Å². The van der Waals surface area contributed by atoms with Crippen molar-refractivity contribution in [2.45, 2.75) is 36.8 Å². The molecule has 0 aromatic heterocycles. The van der Waals surface area contributed by atoms with Gasteiger partial charge in [-0.25, -0.2) is 17.6 Å². The van der Waals surface area contributed by atoms with Crippen molar-refractivity contribution in [3.63, 3.8) is 0 Å². The molecule has 11 heteroatoms. The molecule has 25 heavy (non-hydrogen) atoms. The van der Waals surface area contributed by atoms with Gasteiger partial charge in [0, 0.05) is 17.7 Å². The molecule has 1 rings (SSSR count). The Morgan fingerprint density at radius 2 is 1.44 bits per heavy atom. The molecule has 0 aliphatic rings. The zero-order valence-electron chi connectivity index (χ0n) is 12.2. The van der Waals surface area contributed by atoms with E-state index in [1.807, 2.05) is 0 Å². The van der Waals surface area contributed by atoms with E-state index in [1.165, 1.54) is 24.3 Å². The van der Waals surface area contributed by atoms with Gasteiger partial charge in [0.25, 0.3) is 12.1 Å². The van der Waals surface area contributed by atoms with E-state index in [-0.39, 0.29) is 17.3 Å². The molecule has 1 aromatic carbocycles. The maximum Gasteiger partial charge on any atom is 0.425 e. The molecule has 0 aliphatic heterocycles. The van der Waals surface area contributed by atoms with Crippen LogP contribution in [0.5, 0.6) is 0 Å². The summed E-state index contributed by atoms with van der Waals surface area (Å²) in [5, 5.41) is -0.711. The SMILES string of the molecule is O=C(SCCC(F)(F)C(F)C(F)(F)C(F)C(F)(F)F)c1ccccc1. The van der Waals surface area contributed by atoms with Crippen molar-refractivity contribution in [1.29, 1.82) is 0 Å². The van der Waals surface area contributed by atoms with Crippen molar-refractivity contribution in [3.05, 3.63) is 35.9 Å². The van der Waals surface area contributed by atoms with Crippen LogP contribution in [0.25, 0.3) is 0 Å². The first kappa shape index (κ1) is 21.7. The molecule has 0 aliphatic carbocycles. The van der Waals surface area contributed by atoms with Gasteiger partial charge in [0.15, 0.2) is 0 Å². The number of alkyl halides is 9. The minimum Gasteiger partial charge on any atom is -0.282 e. The Hall–Kier alpha value is -1.39. The maximum atomic E-state index is 13.4. The van der Waals surface area contributed by atoms with Crippen LogP contribution in [0.3, 0.4) is 0 Å². The fourth-order valence-corrected chi connectivity index (χ4v) is 2.55. The number of carbonyl (C=O) groups excluding carboxylic acids is 1. The average molecular weight is 398 g/mol. The van der Waals surface area contributed by atoms with Crippen molar-refractivity contribution in [3.8, 4) is 0 Å². The smallest absolute Gasteiger partial charge is 0.282 e. The molecule has 0 amide bonds. The monoisotopic (exact) mass is 398 g/mol. The summed E-state index contributed by atoms with van der Waals surface area (Å²) in [6, 6.07) is 7.20. The van der Waals surface area contributed by atoms with Gasteiger partial charge in [0.2, 0.25) is 11.3 Å². The van der Waals surface area contributed by atoms with E-state index < -0.39 is 47.7 Å². The van der Waals surface area contributed by atoms with Crippen molar-refractivity contribution in [2.75, 3.05) is 5.75 Å². The Morgan fingerprint density at radius 1 is 0.920 bits per heavy atom. The predicted molar refractivity (Wildman–Crippen MR) is 73.6 cm³/mol. The highest BCUT2D eigenvalue weighted by Gasteiger charge is 2.67. The molecular weight excluding hydrogens is 387 g/mol. The molecule has 0 saturated heterocycles. The van der Waals surface area contributed by atoms with Gasteiger partial charge in [0.1, 0.15) is 0 Å². The summed E-state index contributed by atoms with van der Waals surface area (Å²) in [5.41, 5.74) is 0.110. The predicted octanol–water partition coefficient (Wildman–Crippen LogP) is 5.46. The second-order valence-corrected chi connectivity index (χ2v) is 6.02. The Labute approximate surface area is 140 Å². The third-order valence-electron chi connectivity index (χ3n) is 3.01. The van der Waals surface area contributed by atoms with Crippen LogP contribution in [0, 0.1) is 0 Å². The minimum atomic E-state index is -6.19. The van der Waals surface area contributed by atoms with Crippen LogP contribution in [0.2, 0.25) is 0 Å². The Morgan fingerprint density at radius 3 is 1.92 bits per heavy atom. The zero-order chi connectivity index (χ0) is 19.5. The van der Waals surface area contributed by atoms with E-state index in [0.717, 1.165) is 0 Å². The van der Waals surface area contributed by atoms with Crippen LogP contribution in [-0.2, 0) is 0 Å². The molecule has 142 valence electrons. The van der Waals surface area contributed by atoms with E-state index >= 15 is 0 Å². The summed E-state index contributed by atoms with van der Waals surface area (Å²) < 4.78 is 115. The summed E-state index contributed by atoms with van der Waals surface area (Å²) in [5.74, 6) is -11.8. The van der Waals surface area contributed by atoms with Gasteiger partial charge in [-0.15, -0.1) is 0 Å². The van der Waals surface area contributed by atoms with Gasteiger partial charge < -0.3 is 0 Å². The topological polar surface area (TPSA) is 17.1 Å². The van der Waals surface area contributed by atoms with Crippen molar-refractivity contribution < 1.29 is 44.3 Å². The first-order valence-corrected chi connectivity index (χ1v) is 7.61. The van der Waals surface area contributed by atoms with Crippen LogP contribution < -0.4 is 0 Å². The summed E-state index contributed by atoms with van der Waals surface area (Å²) in [4.78, 5) is 11.6. The second kappa shape index (κ2) is 7.88. The standard InChI is InChI=1S/C14H11F9OS/c15-10(13(19,20)11(16)14(21,22)23)12(17,18)6-7-25-9(24)8-4-2-1-3-5-8/h1-5,10-11H,6-7H2. The Balaban J connectivity index is 2.69. The van der Waals surface area contributed by atoms with Gasteiger partial charge in [-0.2, -0.15) is 22.0 Å². The van der Waals surface area contributed by atoms with Gasteiger partial charge >= 0.3 is 12.1 Å². The zero-order valence-corrected chi connectivity index (χ0v) is 13.0. The van der Waals surface area contributed by atoms with Gasteiger partial charge in [-0.1, -0.05) is 42.1 Å². The number of hydrogen-bond acceptors (Lipinski definition) is 2. The summed E-state index contributed by atoms with van der Waals surface area (Å²) >= 11 is 0.252. The molecule has 2 atom stereocenters. The quantitative estimate of drug-likeness (QED) is 0.568. The average Bonchev–Trinajstić information content (AvgIpc) is 2.53. The highest BCUT2D eigenvalue weighted by molar-refractivity contribution is 8.14. The van der Waals surface area contributed by atoms with Crippen LogP contribution in [0.4, 0.5) is 39.5 Å². The van der Waals surface area contributed by atoms with E-state index in [1.54, 1.807) is 6.07 Å². The number of rotatable bonds is 7. The third kappa shape index (κ3) is 5.55. The molecule has 0 saturated carbocycles. The van der Waals surface area contributed by atoms with Gasteiger partial charge in [-0.05, 0) is 0 Å². The fourth-order valence-electron chi connectivity index (χ4n) is 1.69. The number of carbonyl (C=O) groups is 1. The lowest BCUT2D eigenvalue weighted by molar-refractivity contribution is -0.282. The lowest BCUT2D eigenvalue weighted by atomic mass is 10.0. The van der Waals surface area contributed by atoms with E-state index in [2.05, 4.69) is 0 Å². The first-order valence-electron chi connectivity index (χ1n) is 6.63. The van der Waals surface area contributed by atoms with E-state index in [0.29, 0.717) is 0 Å². The fraction of sp³-hybridized carbons (Fsp3) is 0.500. The van der Waals surface area contributed by atoms with Crippen molar-refractivity contribution >= 4 is 16.9 Å². The summed E-state index contributed by atoms with van der Waals surface area (Å²) in [6.45, 7) is 0. The maximum absolute atomic E-state index is 13.4. The van der Waals surface area contributed by atoms with Crippen LogP contribution >= 0.6 is 11.8 Å². The molecule has 0 N–H and O–H groups in total. The largest absolute Gasteiger partial charge is 0.425 e. The highest BCUT2D eigenvalue weighted by Crippen LogP contribution is 2.44. The summed E-state index contributed by atoms with van der Waals surface area (Å²) in [7, 11) is 0. The van der Waals surface area contributed by atoms with Crippen molar-refractivity contribution in [2.24, 2.45) is 0 Å². The normalized spacial score (nSPS) is 15.7. The number of benzene rings is 1. The number of thioether (sulfide) groups is 1. The third-order valence-corrected chi connectivity index (χ3v) is 3.92. The first-order chi connectivity index (χ1) is 11.3. The lowest BCUT2D eigenvalue weighted by Gasteiger charge is -2.30. The van der Waals surface area contributed by atoms with Crippen LogP contribution in [0.15, 0.2) is 30.3 Å². The Bertz CT molecular complexity index is 573. The number of halogens is 9. The molecule has 0 heterocycles. The van der Waals surface area contributed by atoms with E-state index in [4.69, 9.17) is 0 Å². The second-order valence-electron chi connectivity index (χ2n) is 4.95. The minimum absolute atomic E-state index is 0.110. The Kier molecular flexibility index (Phi) is 6.82. The lowest BCUT2D eigenvalue weighted by Crippen LogP contribution is -2.54. The molecule has 0 fully saturated rings. The molecule has 2 unspecified atom stereocenters. The number of hydrogen-bond donors (Lipinski definition) is 0. The summed E-state index contributed by atoms with van der Waals surface area (Å²) in [6.07, 6.45) is -17.6. The molecule has 1 aromatic rings. The molecule has 0 spiro atoms. The molecule has 1 nitrogen and oxygen atoms in total. The van der Waals surface area contributed by atoms with Gasteiger partial charge in [0.05, 0.1) is 0 Å². The van der Waals surface area contributed by atoms with E-state index in [9.17, 15) is 44.3 Å². The molecular formula is C14H11F9OS. The van der Waals surface area contributed by atoms with Crippen LogP contribution in [-0.4, -0.2) is 41.2 Å². The van der Waals surface area contributed by atoms with Gasteiger partial charge in [-0.3, -0.25) is 4.79 Å².